The van der Waals surface area contributed by atoms with Gasteiger partial charge in [0.15, 0.2) is 11.5 Å². The van der Waals surface area contributed by atoms with Crippen molar-refractivity contribution in [3.8, 4) is 11.5 Å². The molecule has 0 aliphatic rings. The molecule has 0 radical (unpaired) electrons. The molecular formula is C15H20F3NO3. The molecule has 0 bridgehead atoms. The molecule has 124 valence electrons. The Labute approximate surface area is 127 Å². The first-order valence-corrected chi connectivity index (χ1v) is 6.86. The van der Waals surface area contributed by atoms with Gasteiger partial charge in [-0.1, -0.05) is 6.07 Å². The third kappa shape index (κ3) is 5.46. The zero-order valence-corrected chi connectivity index (χ0v) is 12.9. The number of hydrogen-bond acceptors (Lipinski definition) is 3. The summed E-state index contributed by atoms with van der Waals surface area (Å²) in [5, 5.41) is 0. The van der Waals surface area contributed by atoms with E-state index in [-0.39, 0.29) is 25.4 Å². The number of carbonyl (C=O) groups is 1. The fraction of sp³-hybridized carbons (Fsp3) is 0.533. The predicted octanol–water partition coefficient (Wildman–Crippen LogP) is 3.05. The van der Waals surface area contributed by atoms with Gasteiger partial charge in [0.1, 0.15) is 0 Å². The van der Waals surface area contributed by atoms with Gasteiger partial charge in [0, 0.05) is 13.1 Å². The van der Waals surface area contributed by atoms with E-state index in [0.717, 1.165) is 0 Å². The van der Waals surface area contributed by atoms with Crippen LogP contribution in [-0.2, 0) is 11.2 Å². The quantitative estimate of drug-likeness (QED) is 0.775. The monoisotopic (exact) mass is 319 g/mol. The number of ether oxygens (including phenoxy) is 2. The molecule has 7 heteroatoms. The molecule has 1 aromatic carbocycles. The largest absolute Gasteiger partial charge is 0.493 e. The number of likely N-dealkylation sites (N-methyl/N-ethyl adjacent to an activating group) is 1. The molecule has 0 heterocycles. The summed E-state index contributed by atoms with van der Waals surface area (Å²) >= 11 is 0. The van der Waals surface area contributed by atoms with Crippen LogP contribution in [0.1, 0.15) is 18.9 Å². The molecule has 4 nitrogen and oxygen atoms in total. The second-order valence-electron chi connectivity index (χ2n) is 4.70. The van der Waals surface area contributed by atoms with Gasteiger partial charge in [-0.25, -0.2) is 0 Å². The predicted molar refractivity (Wildman–Crippen MR) is 76.2 cm³/mol. The normalized spacial score (nSPS) is 11.2. The Kier molecular flexibility index (Phi) is 6.52. The molecule has 0 aliphatic carbocycles. The number of methoxy groups -OCH3 is 2. The van der Waals surface area contributed by atoms with Crippen molar-refractivity contribution >= 4 is 5.91 Å². The van der Waals surface area contributed by atoms with Gasteiger partial charge in [-0.15, -0.1) is 0 Å². The van der Waals surface area contributed by atoms with Gasteiger partial charge in [0.05, 0.1) is 27.1 Å². The van der Waals surface area contributed by atoms with E-state index in [2.05, 4.69) is 0 Å². The molecule has 0 N–H and O–H groups in total. The van der Waals surface area contributed by atoms with Crippen LogP contribution in [0.25, 0.3) is 0 Å². The second-order valence-corrected chi connectivity index (χ2v) is 4.70. The van der Waals surface area contributed by atoms with Crippen LogP contribution in [0.15, 0.2) is 18.2 Å². The lowest BCUT2D eigenvalue weighted by Crippen LogP contribution is -2.35. The molecule has 0 atom stereocenters. The maximum absolute atomic E-state index is 12.3. The van der Waals surface area contributed by atoms with Crippen molar-refractivity contribution in [1.29, 1.82) is 0 Å². The van der Waals surface area contributed by atoms with Crippen molar-refractivity contribution in [2.24, 2.45) is 0 Å². The van der Waals surface area contributed by atoms with Crippen LogP contribution in [0.5, 0.6) is 11.5 Å². The van der Waals surface area contributed by atoms with Crippen LogP contribution in [0.2, 0.25) is 0 Å². The van der Waals surface area contributed by atoms with E-state index < -0.39 is 12.6 Å². The van der Waals surface area contributed by atoms with Crippen molar-refractivity contribution in [3.63, 3.8) is 0 Å². The Morgan fingerprint density at radius 2 is 1.82 bits per heavy atom. The van der Waals surface area contributed by atoms with Crippen LogP contribution >= 0.6 is 0 Å². The van der Waals surface area contributed by atoms with Gasteiger partial charge in [0.25, 0.3) is 0 Å². The van der Waals surface area contributed by atoms with Crippen LogP contribution in [0.3, 0.4) is 0 Å². The summed E-state index contributed by atoms with van der Waals surface area (Å²) in [5.41, 5.74) is 0.660. The molecule has 0 unspecified atom stereocenters. The highest BCUT2D eigenvalue weighted by Crippen LogP contribution is 2.28. The van der Waals surface area contributed by atoms with Gasteiger partial charge in [-0.2, -0.15) is 13.2 Å². The Morgan fingerprint density at radius 3 is 2.32 bits per heavy atom. The van der Waals surface area contributed by atoms with Crippen molar-refractivity contribution in [3.05, 3.63) is 23.8 Å². The highest BCUT2D eigenvalue weighted by Gasteiger charge is 2.28. The number of nitrogens with zero attached hydrogens (tertiary/aromatic N) is 1. The first kappa shape index (κ1) is 18.1. The fourth-order valence-electron chi connectivity index (χ4n) is 2.00. The number of halogens is 3. The van der Waals surface area contributed by atoms with E-state index >= 15 is 0 Å². The molecule has 0 spiro atoms. The minimum atomic E-state index is -4.27. The van der Waals surface area contributed by atoms with E-state index in [1.807, 2.05) is 0 Å². The van der Waals surface area contributed by atoms with Crippen LogP contribution in [0.4, 0.5) is 13.2 Å². The molecular weight excluding hydrogens is 299 g/mol. The van der Waals surface area contributed by atoms with Crippen LogP contribution in [0, 0.1) is 0 Å². The molecule has 0 saturated carbocycles. The van der Waals surface area contributed by atoms with Gasteiger partial charge < -0.3 is 14.4 Å². The van der Waals surface area contributed by atoms with E-state index in [4.69, 9.17) is 9.47 Å². The molecule has 0 saturated heterocycles. The fourth-order valence-corrected chi connectivity index (χ4v) is 2.00. The number of alkyl halides is 3. The average Bonchev–Trinajstić information content (AvgIpc) is 2.46. The maximum Gasteiger partial charge on any atom is 0.390 e. The molecule has 1 rings (SSSR count). The minimum absolute atomic E-state index is 0.0199. The lowest BCUT2D eigenvalue weighted by Gasteiger charge is -2.22. The third-order valence-electron chi connectivity index (χ3n) is 3.20. The first-order valence-electron chi connectivity index (χ1n) is 6.86. The first-order chi connectivity index (χ1) is 10.3. The topological polar surface area (TPSA) is 38.8 Å². The zero-order chi connectivity index (χ0) is 16.8. The van der Waals surface area contributed by atoms with Gasteiger partial charge in [0.2, 0.25) is 5.91 Å². The Hall–Kier alpha value is -1.92. The van der Waals surface area contributed by atoms with Gasteiger partial charge >= 0.3 is 6.18 Å². The second kappa shape index (κ2) is 7.91. The number of amides is 1. The Morgan fingerprint density at radius 1 is 1.18 bits per heavy atom. The van der Waals surface area contributed by atoms with E-state index in [1.54, 1.807) is 25.1 Å². The zero-order valence-electron chi connectivity index (χ0n) is 12.9. The van der Waals surface area contributed by atoms with Crippen molar-refractivity contribution in [2.45, 2.75) is 25.9 Å². The van der Waals surface area contributed by atoms with E-state index in [9.17, 15) is 18.0 Å². The molecule has 0 aromatic heterocycles. The summed E-state index contributed by atoms with van der Waals surface area (Å²) in [6.07, 6.45) is -5.25. The number of carbonyl (C=O) groups excluding carboxylic acids is 1. The lowest BCUT2D eigenvalue weighted by atomic mass is 10.1. The summed E-state index contributed by atoms with van der Waals surface area (Å²) in [4.78, 5) is 13.3. The highest BCUT2D eigenvalue weighted by atomic mass is 19.4. The van der Waals surface area contributed by atoms with E-state index in [1.165, 1.54) is 19.1 Å². The molecule has 0 fully saturated rings. The maximum atomic E-state index is 12.3. The molecule has 1 aromatic rings. The molecule has 0 aliphatic heterocycles. The smallest absolute Gasteiger partial charge is 0.390 e. The van der Waals surface area contributed by atoms with E-state index in [0.29, 0.717) is 17.1 Å². The average molecular weight is 319 g/mol. The van der Waals surface area contributed by atoms with Crippen molar-refractivity contribution in [2.75, 3.05) is 27.3 Å². The standard InChI is InChI=1S/C15H20F3NO3/c1-4-19(8-7-15(16,17)18)14(20)10-11-5-6-12(21-2)13(9-11)22-3/h5-6,9H,4,7-8,10H2,1-3H3. The van der Waals surface area contributed by atoms with Crippen LogP contribution < -0.4 is 9.47 Å². The van der Waals surface area contributed by atoms with Crippen molar-refractivity contribution in [1.82, 2.24) is 4.90 Å². The third-order valence-corrected chi connectivity index (χ3v) is 3.20. The summed E-state index contributed by atoms with van der Waals surface area (Å²) in [5.74, 6) is 0.660. The highest BCUT2D eigenvalue weighted by molar-refractivity contribution is 5.79. The SMILES string of the molecule is CCN(CCC(F)(F)F)C(=O)Cc1ccc(OC)c(OC)c1. The Bertz CT molecular complexity index is 503. The molecule has 1 amide bonds. The molecule has 22 heavy (non-hydrogen) atoms. The summed E-state index contributed by atoms with van der Waals surface area (Å²) in [7, 11) is 2.98. The Balaban J connectivity index is 2.73. The van der Waals surface area contributed by atoms with Gasteiger partial charge in [-0.05, 0) is 24.6 Å². The van der Waals surface area contributed by atoms with Crippen molar-refractivity contribution < 1.29 is 27.4 Å². The number of hydrogen-bond donors (Lipinski definition) is 0. The minimum Gasteiger partial charge on any atom is -0.493 e. The van der Waals surface area contributed by atoms with Crippen LogP contribution in [-0.4, -0.2) is 44.3 Å². The number of rotatable bonds is 7. The lowest BCUT2D eigenvalue weighted by molar-refractivity contribution is -0.144. The summed E-state index contributed by atoms with van der Waals surface area (Å²) in [6, 6.07) is 5.00. The van der Waals surface area contributed by atoms with Gasteiger partial charge in [-0.3, -0.25) is 4.79 Å². The summed E-state index contributed by atoms with van der Waals surface area (Å²) < 4.78 is 47.0. The number of benzene rings is 1. The summed E-state index contributed by atoms with van der Waals surface area (Å²) in [6.45, 7) is 1.57.